The normalized spacial score (nSPS) is 18.3. The lowest BCUT2D eigenvalue weighted by Gasteiger charge is -2.51. The number of rotatable bonds is 4. The SMILES string of the molecule is COC(=O)OCOc1c2n(ccc1=O)N(C1c3ccccc3-c3c(ccn3C)-c3c1ccc(F)c3F)C1COCCN1C2=O. The first-order valence-electron chi connectivity index (χ1n) is 13.8. The second-order valence-corrected chi connectivity index (χ2v) is 10.5. The summed E-state index contributed by atoms with van der Waals surface area (Å²) in [5.41, 5.74) is 2.54. The molecule has 0 N–H and O–H groups in total. The molecule has 44 heavy (non-hydrogen) atoms. The van der Waals surface area contributed by atoms with Gasteiger partial charge in [-0.25, -0.2) is 13.6 Å². The van der Waals surface area contributed by atoms with Crippen molar-refractivity contribution < 1.29 is 37.3 Å². The molecule has 7 rings (SSSR count). The first kappa shape index (κ1) is 27.7. The van der Waals surface area contributed by atoms with Gasteiger partial charge in [0.15, 0.2) is 17.3 Å². The molecule has 2 aromatic carbocycles. The number of carbonyl (C=O) groups is 2. The number of fused-ring (bicyclic) bond motifs is 7. The molecule has 2 aromatic heterocycles. The van der Waals surface area contributed by atoms with Gasteiger partial charge in [0.05, 0.1) is 32.1 Å². The molecular weight excluding hydrogens is 578 g/mol. The molecule has 3 aliphatic rings. The highest BCUT2D eigenvalue weighted by Crippen LogP contribution is 2.49. The van der Waals surface area contributed by atoms with Gasteiger partial charge in [-0.1, -0.05) is 30.3 Å². The Morgan fingerprint density at radius 3 is 2.64 bits per heavy atom. The summed E-state index contributed by atoms with van der Waals surface area (Å²) >= 11 is 0. The summed E-state index contributed by atoms with van der Waals surface area (Å²) in [6.07, 6.45) is 1.50. The second-order valence-electron chi connectivity index (χ2n) is 10.5. The summed E-state index contributed by atoms with van der Waals surface area (Å²) in [7, 11) is 2.96. The van der Waals surface area contributed by atoms with Gasteiger partial charge in [0.1, 0.15) is 6.17 Å². The number of benzene rings is 2. The van der Waals surface area contributed by atoms with E-state index in [1.54, 1.807) is 23.2 Å². The molecule has 11 nitrogen and oxygen atoms in total. The maximum atomic E-state index is 15.9. The van der Waals surface area contributed by atoms with Crippen molar-refractivity contribution in [1.82, 2.24) is 14.1 Å². The van der Waals surface area contributed by atoms with E-state index in [0.29, 0.717) is 16.8 Å². The molecule has 0 radical (unpaired) electrons. The summed E-state index contributed by atoms with van der Waals surface area (Å²) in [5, 5.41) is 1.82. The van der Waals surface area contributed by atoms with E-state index in [9.17, 15) is 18.8 Å². The summed E-state index contributed by atoms with van der Waals surface area (Å²) in [5.74, 6) is -2.84. The fourth-order valence-electron chi connectivity index (χ4n) is 6.39. The molecule has 4 aromatic rings. The zero-order valence-corrected chi connectivity index (χ0v) is 23.7. The number of halogens is 2. The minimum atomic E-state index is -1.03. The van der Waals surface area contributed by atoms with Crippen molar-refractivity contribution in [1.29, 1.82) is 0 Å². The van der Waals surface area contributed by atoms with Gasteiger partial charge in [-0.15, -0.1) is 0 Å². The molecule has 0 bridgehead atoms. The molecule has 0 spiro atoms. The summed E-state index contributed by atoms with van der Waals surface area (Å²) in [6.45, 7) is -0.143. The van der Waals surface area contributed by atoms with E-state index in [1.165, 1.54) is 16.9 Å². The molecule has 2 aliphatic heterocycles. The Labute approximate surface area is 249 Å². The number of carbonyl (C=O) groups excluding carboxylic acids is 2. The summed E-state index contributed by atoms with van der Waals surface area (Å²) in [6, 6.07) is 12.4. The molecule has 13 heteroatoms. The summed E-state index contributed by atoms with van der Waals surface area (Å²) in [4.78, 5) is 40.2. The van der Waals surface area contributed by atoms with Gasteiger partial charge in [0.2, 0.25) is 18.0 Å². The van der Waals surface area contributed by atoms with Gasteiger partial charge in [-0.2, -0.15) is 0 Å². The predicted molar refractivity (Wildman–Crippen MR) is 152 cm³/mol. The molecule has 1 saturated heterocycles. The van der Waals surface area contributed by atoms with Gasteiger partial charge in [0.25, 0.3) is 5.91 Å². The van der Waals surface area contributed by atoms with Crippen molar-refractivity contribution in [2.24, 2.45) is 7.05 Å². The van der Waals surface area contributed by atoms with Crippen LogP contribution in [0.15, 0.2) is 65.7 Å². The van der Waals surface area contributed by atoms with Gasteiger partial charge in [-0.05, 0) is 23.3 Å². The second kappa shape index (κ2) is 10.5. The van der Waals surface area contributed by atoms with Crippen LogP contribution in [-0.2, 0) is 21.3 Å². The van der Waals surface area contributed by atoms with Crippen LogP contribution in [0.4, 0.5) is 13.6 Å². The Morgan fingerprint density at radius 2 is 1.82 bits per heavy atom. The number of aromatic nitrogens is 2. The first-order chi connectivity index (χ1) is 21.3. The van der Waals surface area contributed by atoms with E-state index in [1.807, 2.05) is 40.9 Å². The summed E-state index contributed by atoms with van der Waals surface area (Å²) < 4.78 is 54.9. The Bertz CT molecular complexity index is 1890. The van der Waals surface area contributed by atoms with Crippen LogP contribution in [0.5, 0.6) is 5.75 Å². The molecule has 1 fully saturated rings. The van der Waals surface area contributed by atoms with Gasteiger partial charge < -0.3 is 28.4 Å². The maximum Gasteiger partial charge on any atom is 0.510 e. The number of pyridine rings is 1. The number of aryl methyl sites for hydroxylation is 1. The number of ether oxygens (including phenoxy) is 4. The number of nitrogens with zero attached hydrogens (tertiary/aromatic N) is 4. The van der Waals surface area contributed by atoms with Crippen LogP contribution in [0.3, 0.4) is 0 Å². The minimum absolute atomic E-state index is 0.0903. The molecule has 0 saturated carbocycles. The van der Waals surface area contributed by atoms with Crippen LogP contribution in [0.25, 0.3) is 22.4 Å². The molecule has 1 amide bonds. The third kappa shape index (κ3) is 4.07. The standard InChI is InChI=1S/C31H26F2N4O7/c1-34-11-9-20-24-19(7-8-21(32)25(24)33)27(18-6-4-3-5-17(18)26(20)34)37-23-15-42-14-13-35(23)30(39)28-29(22(38)10-12-36(28)37)43-16-44-31(40)41-2/h3-12,23,27H,13-16H2,1-2H3. The van der Waals surface area contributed by atoms with E-state index in [-0.39, 0.29) is 36.8 Å². The Kier molecular flexibility index (Phi) is 6.61. The smallest absolute Gasteiger partial charge is 0.451 e. The number of hydrogen-bond acceptors (Lipinski definition) is 8. The van der Waals surface area contributed by atoms with Crippen LogP contribution in [0, 0.1) is 11.6 Å². The molecule has 1 aliphatic carbocycles. The Balaban J connectivity index is 1.50. The molecule has 4 heterocycles. The van der Waals surface area contributed by atoms with Crippen molar-refractivity contribution >= 4 is 12.1 Å². The number of amides is 1. The average Bonchev–Trinajstić information content (AvgIpc) is 3.36. The van der Waals surface area contributed by atoms with Crippen molar-refractivity contribution in [3.8, 4) is 28.1 Å². The number of hydrogen-bond donors (Lipinski definition) is 0. The van der Waals surface area contributed by atoms with Crippen LogP contribution in [0.2, 0.25) is 0 Å². The fourth-order valence-corrected chi connectivity index (χ4v) is 6.39. The van der Waals surface area contributed by atoms with Crippen LogP contribution in [0.1, 0.15) is 27.7 Å². The van der Waals surface area contributed by atoms with E-state index in [2.05, 4.69) is 4.74 Å². The lowest BCUT2D eigenvalue weighted by molar-refractivity contribution is -0.0208. The Hall–Kier alpha value is -5.17. The lowest BCUT2D eigenvalue weighted by atomic mass is 9.91. The highest BCUT2D eigenvalue weighted by Gasteiger charge is 2.47. The van der Waals surface area contributed by atoms with Crippen molar-refractivity contribution in [2.45, 2.75) is 12.2 Å². The Morgan fingerprint density at radius 1 is 1.00 bits per heavy atom. The monoisotopic (exact) mass is 604 g/mol. The van der Waals surface area contributed by atoms with E-state index in [4.69, 9.17) is 14.2 Å². The quantitative estimate of drug-likeness (QED) is 0.256. The largest absolute Gasteiger partial charge is 0.510 e. The van der Waals surface area contributed by atoms with Gasteiger partial charge in [0, 0.05) is 48.7 Å². The average molecular weight is 605 g/mol. The van der Waals surface area contributed by atoms with Crippen molar-refractivity contribution in [3.63, 3.8) is 0 Å². The number of morpholine rings is 1. The maximum absolute atomic E-state index is 15.9. The van der Waals surface area contributed by atoms with Crippen LogP contribution >= 0.6 is 0 Å². The van der Waals surface area contributed by atoms with Gasteiger partial charge >= 0.3 is 6.16 Å². The predicted octanol–water partition coefficient (Wildman–Crippen LogP) is 3.77. The third-order valence-electron chi connectivity index (χ3n) is 8.24. The molecular formula is C31H26F2N4O7. The molecule has 2 atom stereocenters. The topological polar surface area (TPSA) is 104 Å². The highest BCUT2D eigenvalue weighted by molar-refractivity contribution is 5.97. The van der Waals surface area contributed by atoms with E-state index >= 15 is 4.39 Å². The van der Waals surface area contributed by atoms with E-state index in [0.717, 1.165) is 24.3 Å². The number of methoxy groups -OCH3 is 1. The van der Waals surface area contributed by atoms with Crippen LogP contribution in [-0.4, -0.2) is 66.0 Å². The molecule has 226 valence electrons. The zero-order chi connectivity index (χ0) is 30.7. The fraction of sp³-hybridized carbons (Fsp3) is 0.258. The highest BCUT2D eigenvalue weighted by atomic mass is 19.2. The van der Waals surface area contributed by atoms with Gasteiger partial charge in [-0.3, -0.25) is 19.3 Å². The zero-order valence-electron chi connectivity index (χ0n) is 23.7. The third-order valence-corrected chi connectivity index (χ3v) is 8.24. The van der Waals surface area contributed by atoms with Crippen LogP contribution < -0.4 is 15.2 Å². The van der Waals surface area contributed by atoms with Crippen molar-refractivity contribution in [3.05, 3.63) is 99.6 Å². The first-order valence-corrected chi connectivity index (χ1v) is 13.8. The minimum Gasteiger partial charge on any atom is -0.451 e. The van der Waals surface area contributed by atoms with E-state index < -0.39 is 48.1 Å². The lowest BCUT2D eigenvalue weighted by Crippen LogP contribution is -2.66. The van der Waals surface area contributed by atoms with Crippen molar-refractivity contribution in [2.75, 3.05) is 38.7 Å². The molecule has 2 unspecified atom stereocenters.